The molecule has 0 aromatic heterocycles. The smallest absolute Gasteiger partial charge is 0.155 e. The number of rotatable bonds is 4. The average Bonchev–Trinajstić information content (AvgIpc) is 2.00. The van der Waals surface area contributed by atoms with Crippen LogP contribution in [0.5, 0.6) is 0 Å². The van der Waals surface area contributed by atoms with Crippen LogP contribution in [0.3, 0.4) is 0 Å². The van der Waals surface area contributed by atoms with Crippen molar-refractivity contribution in [3.63, 3.8) is 0 Å². The van der Waals surface area contributed by atoms with Crippen LogP contribution in [0.4, 0.5) is 0 Å². The van der Waals surface area contributed by atoms with E-state index in [0.717, 1.165) is 0 Å². The molecule has 0 bridgehead atoms. The first-order chi connectivity index (χ1) is 4.68. The summed E-state index contributed by atoms with van der Waals surface area (Å²) in [5.41, 5.74) is 0. The molecule has 1 radical (unpaired) electrons. The molecule has 0 aromatic carbocycles. The fourth-order valence-electron chi connectivity index (χ4n) is 0.442. The maximum atomic E-state index is 11.2. The molecule has 59 valence electrons. The van der Waals surface area contributed by atoms with E-state index < -0.39 is 4.76 Å². The largest absolute Gasteiger partial charge is 0.603 e. The Morgan fingerprint density at radius 2 is 2.00 bits per heavy atom. The van der Waals surface area contributed by atoms with Crippen molar-refractivity contribution in [1.82, 2.24) is 0 Å². The van der Waals surface area contributed by atoms with E-state index in [9.17, 15) is 5.21 Å². The van der Waals surface area contributed by atoms with Gasteiger partial charge in [-0.2, -0.15) is 0 Å². The first-order valence-electron chi connectivity index (χ1n) is 3.10. The highest BCUT2D eigenvalue weighted by molar-refractivity contribution is 4.25. The van der Waals surface area contributed by atoms with Crippen molar-refractivity contribution in [3.05, 3.63) is 12.3 Å². The Kier molecular flexibility index (Phi) is 3.90. The highest BCUT2D eigenvalue weighted by atomic mass is 16.7. The lowest BCUT2D eigenvalue weighted by Crippen LogP contribution is -2.35. The van der Waals surface area contributed by atoms with Crippen LogP contribution in [0, 0.1) is 12.3 Å². The summed E-state index contributed by atoms with van der Waals surface area (Å²) in [4.78, 5) is 4.03. The Hall–Kier alpha value is -0.680. The second-order valence-corrected chi connectivity index (χ2v) is 1.78. The Labute approximate surface area is 60.4 Å². The second kappa shape index (κ2) is 4.19. The van der Waals surface area contributed by atoms with Crippen LogP contribution in [0.15, 0.2) is 10.5 Å². The van der Waals surface area contributed by atoms with Crippen LogP contribution < -0.4 is 0 Å². The standard InChI is InChI=1S/C5H12N3O2/c1-4-8(9,5-2)6-7-10-3/h3-5H2,1-2H3/b7-6-. The summed E-state index contributed by atoms with van der Waals surface area (Å²) in [5.74, 6) is 0. The number of hydrogen-bond acceptors (Lipinski definition) is 4. The van der Waals surface area contributed by atoms with Crippen molar-refractivity contribution >= 4 is 0 Å². The molecule has 0 amide bonds. The average molecular weight is 146 g/mol. The molecule has 0 aliphatic heterocycles. The van der Waals surface area contributed by atoms with Gasteiger partial charge >= 0.3 is 0 Å². The summed E-state index contributed by atoms with van der Waals surface area (Å²) in [6.07, 6.45) is 0. The van der Waals surface area contributed by atoms with E-state index in [1.54, 1.807) is 13.8 Å². The molecule has 0 aromatic rings. The van der Waals surface area contributed by atoms with Crippen LogP contribution in [0.2, 0.25) is 0 Å². The number of nitrogens with zero attached hydrogens (tertiary/aromatic N) is 3. The zero-order valence-corrected chi connectivity index (χ0v) is 6.28. The van der Waals surface area contributed by atoms with Crippen molar-refractivity contribution < 1.29 is 9.59 Å². The SMILES string of the molecule is [CH2]O/N=N\[N+]([O-])(CC)CC. The van der Waals surface area contributed by atoms with Gasteiger partial charge in [0, 0.05) is 0 Å². The zero-order chi connectivity index (χ0) is 8.04. The van der Waals surface area contributed by atoms with Gasteiger partial charge in [-0.05, 0) is 13.8 Å². The van der Waals surface area contributed by atoms with E-state index in [1.807, 2.05) is 0 Å². The minimum atomic E-state index is -0.713. The van der Waals surface area contributed by atoms with Gasteiger partial charge in [0.15, 0.2) is 7.11 Å². The summed E-state index contributed by atoms with van der Waals surface area (Å²) in [5, 5.41) is 17.6. The van der Waals surface area contributed by atoms with Gasteiger partial charge in [0.25, 0.3) is 0 Å². The van der Waals surface area contributed by atoms with E-state index >= 15 is 0 Å². The molecule has 10 heavy (non-hydrogen) atoms. The highest BCUT2D eigenvalue weighted by Gasteiger charge is 2.09. The topological polar surface area (TPSA) is 57.0 Å². The summed E-state index contributed by atoms with van der Waals surface area (Å²) in [6.45, 7) is 4.17. The number of quaternary nitrogens is 1. The summed E-state index contributed by atoms with van der Waals surface area (Å²) in [6, 6.07) is 0. The van der Waals surface area contributed by atoms with Crippen LogP contribution in [-0.4, -0.2) is 17.8 Å². The summed E-state index contributed by atoms with van der Waals surface area (Å²) < 4.78 is -0.713. The van der Waals surface area contributed by atoms with Gasteiger partial charge in [-0.3, -0.25) is 0 Å². The van der Waals surface area contributed by atoms with Gasteiger partial charge in [-0.15, -0.1) is 0 Å². The van der Waals surface area contributed by atoms with Crippen molar-refractivity contribution in [1.29, 1.82) is 0 Å². The van der Waals surface area contributed by atoms with Crippen LogP contribution in [0.25, 0.3) is 0 Å². The monoisotopic (exact) mass is 146 g/mol. The predicted octanol–water partition coefficient (Wildman–Crippen LogP) is 1.43. The lowest BCUT2D eigenvalue weighted by molar-refractivity contribution is -0.890. The molecule has 0 fully saturated rings. The fraction of sp³-hybridized carbons (Fsp3) is 0.800. The van der Waals surface area contributed by atoms with Gasteiger partial charge in [0.1, 0.15) is 13.1 Å². The predicted molar refractivity (Wildman–Crippen MR) is 36.0 cm³/mol. The van der Waals surface area contributed by atoms with Gasteiger partial charge in [0.2, 0.25) is 0 Å². The van der Waals surface area contributed by atoms with Gasteiger partial charge in [0.05, 0.1) is 10.5 Å². The molecular formula is C5H12N3O2. The molecule has 0 rings (SSSR count). The summed E-state index contributed by atoms with van der Waals surface area (Å²) in [7, 11) is 2.95. The maximum Gasteiger partial charge on any atom is 0.155 e. The third kappa shape index (κ3) is 2.75. The Bertz CT molecular complexity index is 111. The van der Waals surface area contributed by atoms with Crippen molar-refractivity contribution in [2.24, 2.45) is 10.5 Å². The third-order valence-electron chi connectivity index (χ3n) is 1.25. The first-order valence-corrected chi connectivity index (χ1v) is 3.10. The number of hydrogen-bond donors (Lipinski definition) is 0. The van der Waals surface area contributed by atoms with Gasteiger partial charge in [-0.25, -0.2) is 4.76 Å². The van der Waals surface area contributed by atoms with E-state index in [-0.39, 0.29) is 0 Å². The molecule has 5 nitrogen and oxygen atoms in total. The normalized spacial score (nSPS) is 12.4. The van der Waals surface area contributed by atoms with Crippen molar-refractivity contribution in [3.8, 4) is 0 Å². The molecule has 0 spiro atoms. The van der Waals surface area contributed by atoms with E-state index in [2.05, 4.69) is 22.4 Å². The molecule has 0 atom stereocenters. The molecule has 0 aliphatic carbocycles. The molecule has 0 N–H and O–H groups in total. The summed E-state index contributed by atoms with van der Waals surface area (Å²) >= 11 is 0. The quantitative estimate of drug-likeness (QED) is 0.342. The third-order valence-corrected chi connectivity index (χ3v) is 1.25. The molecule has 0 aliphatic rings. The van der Waals surface area contributed by atoms with Gasteiger partial charge in [-0.1, -0.05) is 0 Å². The Morgan fingerprint density at radius 1 is 1.50 bits per heavy atom. The van der Waals surface area contributed by atoms with E-state index in [0.29, 0.717) is 13.1 Å². The van der Waals surface area contributed by atoms with E-state index in [4.69, 9.17) is 0 Å². The molecular weight excluding hydrogens is 134 g/mol. The van der Waals surface area contributed by atoms with Crippen molar-refractivity contribution in [2.75, 3.05) is 13.1 Å². The maximum absolute atomic E-state index is 11.2. The van der Waals surface area contributed by atoms with Crippen LogP contribution >= 0.6 is 0 Å². The lowest BCUT2D eigenvalue weighted by Gasteiger charge is -2.30. The Balaban J connectivity index is 3.92. The zero-order valence-electron chi connectivity index (χ0n) is 6.28. The van der Waals surface area contributed by atoms with Crippen LogP contribution in [0.1, 0.15) is 13.8 Å². The fourth-order valence-corrected chi connectivity index (χ4v) is 0.442. The first kappa shape index (κ1) is 9.32. The van der Waals surface area contributed by atoms with Crippen molar-refractivity contribution in [2.45, 2.75) is 13.8 Å². The molecule has 0 saturated carbocycles. The van der Waals surface area contributed by atoms with Gasteiger partial charge < -0.3 is 10.0 Å². The molecule has 5 heteroatoms. The Morgan fingerprint density at radius 3 is 2.30 bits per heavy atom. The van der Waals surface area contributed by atoms with Crippen LogP contribution in [-0.2, 0) is 4.84 Å². The number of hydroxylamine groups is 2. The molecule has 0 heterocycles. The lowest BCUT2D eigenvalue weighted by atomic mass is 10.6. The minimum absolute atomic E-state index is 0.351. The molecule has 0 saturated heterocycles. The highest BCUT2D eigenvalue weighted by Crippen LogP contribution is 2.04. The van der Waals surface area contributed by atoms with E-state index in [1.165, 1.54) is 0 Å². The molecule has 0 unspecified atom stereocenters. The minimum Gasteiger partial charge on any atom is -0.603 e. The second-order valence-electron chi connectivity index (χ2n) is 1.78.